The van der Waals surface area contributed by atoms with Gasteiger partial charge in [-0.05, 0) is 46.2 Å². The Morgan fingerprint density at radius 3 is 2.95 bits per heavy atom. The molecule has 0 spiro atoms. The lowest BCUT2D eigenvalue weighted by Gasteiger charge is -2.24. The third-order valence-electron chi connectivity index (χ3n) is 3.25. The van der Waals surface area contributed by atoms with Crippen LogP contribution in [0.4, 0.5) is 10.5 Å². The molecule has 1 fully saturated rings. The third kappa shape index (κ3) is 4.51. The van der Waals surface area contributed by atoms with Gasteiger partial charge in [-0.1, -0.05) is 0 Å². The van der Waals surface area contributed by atoms with Crippen molar-refractivity contribution in [2.45, 2.75) is 45.8 Å². The van der Waals surface area contributed by atoms with Crippen LogP contribution in [0.3, 0.4) is 0 Å². The number of nitrogens with zero attached hydrogens (tertiary/aromatic N) is 2. The van der Waals surface area contributed by atoms with Gasteiger partial charge in [0.1, 0.15) is 5.60 Å². The molecule has 1 N–H and O–H groups in total. The van der Waals surface area contributed by atoms with Crippen molar-refractivity contribution in [3.63, 3.8) is 0 Å². The van der Waals surface area contributed by atoms with Gasteiger partial charge in [-0.3, -0.25) is 0 Å². The number of hydrogen-bond donors (Lipinski definition) is 1. The van der Waals surface area contributed by atoms with Crippen molar-refractivity contribution in [2.75, 3.05) is 25.0 Å². The maximum absolute atomic E-state index is 12.1. The number of hydrogen-bond acceptors (Lipinski definition) is 5. The van der Waals surface area contributed by atoms with Crippen LogP contribution in [0.5, 0.6) is 5.88 Å². The van der Waals surface area contributed by atoms with E-state index in [9.17, 15) is 4.79 Å². The topological polar surface area (TPSA) is 63.7 Å². The molecule has 2 rings (SSSR count). The van der Waals surface area contributed by atoms with Gasteiger partial charge in [0, 0.05) is 25.3 Å². The number of nitrogens with one attached hydrogen (secondary N) is 1. The molecule has 22 heavy (non-hydrogen) atoms. The van der Waals surface area contributed by atoms with Crippen LogP contribution in [0.15, 0.2) is 18.3 Å². The Bertz CT molecular complexity index is 514. The van der Waals surface area contributed by atoms with Crippen molar-refractivity contribution in [1.29, 1.82) is 0 Å². The van der Waals surface area contributed by atoms with Crippen LogP contribution in [-0.2, 0) is 4.74 Å². The lowest BCUT2D eigenvalue weighted by molar-refractivity contribution is 0.0293. The molecule has 1 aromatic rings. The highest BCUT2D eigenvalue weighted by Gasteiger charge is 2.30. The first-order valence-electron chi connectivity index (χ1n) is 7.71. The quantitative estimate of drug-likeness (QED) is 0.926. The highest BCUT2D eigenvalue weighted by molar-refractivity contribution is 5.68. The van der Waals surface area contributed by atoms with E-state index in [2.05, 4.69) is 10.3 Å². The van der Waals surface area contributed by atoms with Crippen LogP contribution >= 0.6 is 0 Å². The fourth-order valence-electron chi connectivity index (χ4n) is 2.34. The van der Waals surface area contributed by atoms with E-state index in [1.54, 1.807) is 11.1 Å². The number of anilines is 1. The van der Waals surface area contributed by atoms with Crippen molar-refractivity contribution in [3.05, 3.63) is 18.3 Å². The highest BCUT2D eigenvalue weighted by Crippen LogP contribution is 2.24. The summed E-state index contributed by atoms with van der Waals surface area (Å²) in [6.45, 7) is 9.44. The lowest BCUT2D eigenvalue weighted by atomic mass is 10.2. The number of rotatable bonds is 4. The van der Waals surface area contributed by atoms with Crippen molar-refractivity contribution in [1.82, 2.24) is 9.88 Å². The molecule has 6 nitrogen and oxygen atoms in total. The first kappa shape index (κ1) is 16.4. The minimum Gasteiger partial charge on any atom is -0.476 e. The summed E-state index contributed by atoms with van der Waals surface area (Å²) in [5, 5.41) is 3.41. The molecule has 1 unspecified atom stereocenters. The molecule has 1 aromatic heterocycles. The number of ether oxygens (including phenoxy) is 2. The Morgan fingerprint density at radius 2 is 2.27 bits per heavy atom. The SMILES string of the molecule is CCOc1ncccc1NC1CCN(C(=O)OC(C)(C)C)C1. The molecule has 2 heterocycles. The number of carbonyl (C=O) groups excluding carboxylic acids is 1. The van der Waals surface area contributed by atoms with E-state index in [1.807, 2.05) is 39.8 Å². The van der Waals surface area contributed by atoms with E-state index >= 15 is 0 Å². The second kappa shape index (κ2) is 6.85. The second-order valence-corrected chi connectivity index (χ2v) is 6.35. The van der Waals surface area contributed by atoms with Crippen LogP contribution < -0.4 is 10.1 Å². The Labute approximate surface area is 131 Å². The van der Waals surface area contributed by atoms with E-state index in [-0.39, 0.29) is 12.1 Å². The molecule has 1 atom stereocenters. The molecule has 0 radical (unpaired) electrons. The summed E-state index contributed by atoms with van der Waals surface area (Å²) in [5.41, 5.74) is 0.397. The smallest absolute Gasteiger partial charge is 0.410 e. The molecule has 0 bridgehead atoms. The maximum Gasteiger partial charge on any atom is 0.410 e. The standard InChI is InChI=1S/C16H25N3O3/c1-5-21-14-13(7-6-9-17-14)18-12-8-10-19(11-12)15(20)22-16(2,3)4/h6-7,9,12,18H,5,8,10-11H2,1-4H3. The number of carbonyl (C=O) groups is 1. The van der Waals surface area contributed by atoms with Gasteiger partial charge in [0.05, 0.1) is 12.3 Å². The Kier molecular flexibility index (Phi) is 5.11. The summed E-state index contributed by atoms with van der Waals surface area (Å²) in [7, 11) is 0. The molecule has 1 amide bonds. The second-order valence-electron chi connectivity index (χ2n) is 6.35. The molecule has 1 saturated heterocycles. The summed E-state index contributed by atoms with van der Waals surface area (Å²) in [6.07, 6.45) is 2.32. The normalized spacial score (nSPS) is 18.2. The maximum atomic E-state index is 12.1. The number of aromatic nitrogens is 1. The van der Waals surface area contributed by atoms with E-state index in [0.717, 1.165) is 12.1 Å². The molecule has 122 valence electrons. The van der Waals surface area contributed by atoms with Gasteiger partial charge in [-0.25, -0.2) is 9.78 Å². The lowest BCUT2D eigenvalue weighted by Crippen LogP contribution is -2.36. The van der Waals surface area contributed by atoms with Gasteiger partial charge in [0.25, 0.3) is 0 Å². The van der Waals surface area contributed by atoms with Gasteiger partial charge < -0.3 is 19.7 Å². The Balaban J connectivity index is 1.93. The van der Waals surface area contributed by atoms with Crippen LogP contribution in [0.1, 0.15) is 34.1 Å². The van der Waals surface area contributed by atoms with Crippen molar-refractivity contribution < 1.29 is 14.3 Å². The molecule has 0 saturated carbocycles. The van der Waals surface area contributed by atoms with Crippen molar-refractivity contribution in [2.24, 2.45) is 0 Å². The minimum atomic E-state index is -0.464. The van der Waals surface area contributed by atoms with Gasteiger partial charge in [0.2, 0.25) is 5.88 Å². The number of likely N-dealkylation sites (tertiary alicyclic amines) is 1. The zero-order valence-electron chi connectivity index (χ0n) is 13.8. The van der Waals surface area contributed by atoms with Gasteiger partial charge in [0.15, 0.2) is 0 Å². The fraction of sp³-hybridized carbons (Fsp3) is 0.625. The summed E-state index contributed by atoms with van der Waals surface area (Å²) in [4.78, 5) is 18.0. The first-order chi connectivity index (χ1) is 10.4. The van der Waals surface area contributed by atoms with Crippen LogP contribution in [-0.4, -0.2) is 47.3 Å². The predicted molar refractivity (Wildman–Crippen MR) is 85.2 cm³/mol. The van der Waals surface area contributed by atoms with Crippen LogP contribution in [0.25, 0.3) is 0 Å². The summed E-state index contributed by atoms with van der Waals surface area (Å²) < 4.78 is 10.9. The molecule has 1 aliphatic heterocycles. The van der Waals surface area contributed by atoms with E-state index in [1.165, 1.54) is 0 Å². The predicted octanol–water partition coefficient (Wildman–Crippen LogP) is 2.90. The Hall–Kier alpha value is -1.98. The van der Waals surface area contributed by atoms with Gasteiger partial charge in [-0.2, -0.15) is 0 Å². The van der Waals surface area contributed by atoms with Crippen molar-refractivity contribution >= 4 is 11.8 Å². The summed E-state index contributed by atoms with van der Waals surface area (Å²) >= 11 is 0. The summed E-state index contributed by atoms with van der Waals surface area (Å²) in [5.74, 6) is 0.598. The third-order valence-corrected chi connectivity index (χ3v) is 3.25. The first-order valence-corrected chi connectivity index (χ1v) is 7.71. The average molecular weight is 307 g/mol. The highest BCUT2D eigenvalue weighted by atomic mass is 16.6. The van der Waals surface area contributed by atoms with Gasteiger partial charge >= 0.3 is 6.09 Å². The molecule has 1 aliphatic rings. The average Bonchev–Trinajstić information content (AvgIpc) is 2.88. The van der Waals surface area contributed by atoms with Gasteiger partial charge in [-0.15, -0.1) is 0 Å². The molecule has 6 heteroatoms. The summed E-state index contributed by atoms with van der Waals surface area (Å²) in [6, 6.07) is 3.98. The monoisotopic (exact) mass is 307 g/mol. The number of pyridine rings is 1. The zero-order chi connectivity index (χ0) is 16.2. The molecule has 0 aromatic carbocycles. The fourth-order valence-corrected chi connectivity index (χ4v) is 2.34. The molecular weight excluding hydrogens is 282 g/mol. The number of amides is 1. The molecule has 0 aliphatic carbocycles. The molecular formula is C16H25N3O3. The van der Waals surface area contributed by atoms with Crippen molar-refractivity contribution in [3.8, 4) is 5.88 Å². The Morgan fingerprint density at radius 1 is 1.50 bits per heavy atom. The van der Waals surface area contributed by atoms with E-state index in [0.29, 0.717) is 25.6 Å². The van der Waals surface area contributed by atoms with E-state index < -0.39 is 5.60 Å². The minimum absolute atomic E-state index is 0.177. The van der Waals surface area contributed by atoms with E-state index in [4.69, 9.17) is 9.47 Å². The largest absolute Gasteiger partial charge is 0.476 e. The van der Waals surface area contributed by atoms with Crippen LogP contribution in [0, 0.1) is 0 Å². The van der Waals surface area contributed by atoms with Crippen LogP contribution in [0.2, 0.25) is 0 Å². The zero-order valence-corrected chi connectivity index (χ0v) is 13.8.